The zero-order valence-electron chi connectivity index (χ0n) is 11.3. The lowest BCUT2D eigenvalue weighted by atomic mass is 10.1. The van der Waals surface area contributed by atoms with Crippen LogP contribution >= 0.6 is 11.8 Å². The maximum absolute atomic E-state index is 12.4. The minimum Gasteiger partial charge on any atom is -0.506 e. The third kappa shape index (κ3) is 3.35. The van der Waals surface area contributed by atoms with E-state index in [9.17, 15) is 9.90 Å². The van der Waals surface area contributed by atoms with Gasteiger partial charge >= 0.3 is 0 Å². The molecule has 0 saturated carbocycles. The summed E-state index contributed by atoms with van der Waals surface area (Å²) >= 11 is 1.90. The second-order valence-electron chi connectivity index (χ2n) is 5.42. The van der Waals surface area contributed by atoms with Gasteiger partial charge in [-0.2, -0.15) is 11.8 Å². The molecule has 5 heteroatoms. The van der Waals surface area contributed by atoms with E-state index in [0.717, 1.165) is 25.3 Å². The summed E-state index contributed by atoms with van der Waals surface area (Å²) in [7, 11) is 0. The van der Waals surface area contributed by atoms with Crippen molar-refractivity contribution in [3.05, 3.63) is 23.8 Å². The van der Waals surface area contributed by atoms with Gasteiger partial charge in [-0.05, 0) is 24.6 Å². The van der Waals surface area contributed by atoms with E-state index in [1.54, 1.807) is 12.1 Å². The lowest BCUT2D eigenvalue weighted by molar-refractivity contribution is 0.0764. The highest BCUT2D eigenvalue weighted by molar-refractivity contribution is 8.00. The quantitative estimate of drug-likeness (QED) is 0.612. The second kappa shape index (κ2) is 5.33. The number of nitrogen functional groups attached to an aromatic ring is 1. The molecule has 104 valence electrons. The number of amides is 1. The summed E-state index contributed by atoms with van der Waals surface area (Å²) in [5.41, 5.74) is 6.34. The van der Waals surface area contributed by atoms with E-state index >= 15 is 0 Å². The summed E-state index contributed by atoms with van der Waals surface area (Å²) in [6.45, 7) is 5.92. The highest BCUT2D eigenvalue weighted by Gasteiger charge is 2.26. The number of nitrogens with zero attached hydrogens (tertiary/aromatic N) is 1. The molecule has 1 fully saturated rings. The molecule has 1 aromatic rings. The lowest BCUT2D eigenvalue weighted by Gasteiger charge is -2.22. The van der Waals surface area contributed by atoms with Crippen LogP contribution in [0.2, 0.25) is 0 Å². The van der Waals surface area contributed by atoms with Gasteiger partial charge in [-0.25, -0.2) is 0 Å². The Balaban J connectivity index is 2.13. The van der Waals surface area contributed by atoms with Crippen molar-refractivity contribution in [2.24, 2.45) is 0 Å². The Morgan fingerprint density at radius 3 is 2.84 bits per heavy atom. The first kappa shape index (κ1) is 14.1. The SMILES string of the molecule is CC1(C)CCN(C(=O)c2ccc(N)c(O)c2)CCS1. The van der Waals surface area contributed by atoms with Crippen LogP contribution in [0.5, 0.6) is 5.75 Å². The molecule has 4 nitrogen and oxygen atoms in total. The number of phenols is 1. The largest absolute Gasteiger partial charge is 0.506 e. The van der Waals surface area contributed by atoms with Crippen LogP contribution in [0.4, 0.5) is 5.69 Å². The van der Waals surface area contributed by atoms with E-state index in [1.807, 2.05) is 16.7 Å². The van der Waals surface area contributed by atoms with Crippen molar-refractivity contribution >= 4 is 23.4 Å². The molecule has 0 bridgehead atoms. The van der Waals surface area contributed by atoms with Gasteiger partial charge in [0.15, 0.2) is 0 Å². The van der Waals surface area contributed by atoms with Crippen LogP contribution < -0.4 is 5.73 Å². The van der Waals surface area contributed by atoms with Crippen molar-refractivity contribution in [3.63, 3.8) is 0 Å². The molecule has 0 unspecified atom stereocenters. The van der Waals surface area contributed by atoms with Gasteiger partial charge in [0.05, 0.1) is 5.69 Å². The lowest BCUT2D eigenvalue weighted by Crippen LogP contribution is -2.33. The van der Waals surface area contributed by atoms with Crippen LogP contribution in [0.25, 0.3) is 0 Å². The molecule has 1 saturated heterocycles. The summed E-state index contributed by atoms with van der Waals surface area (Å²) in [5, 5.41) is 9.59. The number of hydrogen-bond acceptors (Lipinski definition) is 4. The second-order valence-corrected chi connectivity index (χ2v) is 7.23. The number of carbonyl (C=O) groups excluding carboxylic acids is 1. The van der Waals surface area contributed by atoms with Crippen molar-refractivity contribution in [2.45, 2.75) is 25.0 Å². The summed E-state index contributed by atoms with van der Waals surface area (Å²) in [6, 6.07) is 4.68. The van der Waals surface area contributed by atoms with Crippen LogP contribution in [0.3, 0.4) is 0 Å². The zero-order chi connectivity index (χ0) is 14.0. The fourth-order valence-electron chi connectivity index (χ4n) is 2.08. The van der Waals surface area contributed by atoms with E-state index < -0.39 is 0 Å². The standard InChI is InChI=1S/C14H20N2O2S/c1-14(2)5-6-16(7-8-19-14)13(18)10-3-4-11(15)12(17)9-10/h3-4,9,17H,5-8,15H2,1-2H3. The monoisotopic (exact) mass is 280 g/mol. The third-order valence-corrected chi connectivity index (χ3v) is 4.77. The number of thioether (sulfide) groups is 1. The predicted molar refractivity (Wildman–Crippen MR) is 79.6 cm³/mol. The highest BCUT2D eigenvalue weighted by Crippen LogP contribution is 2.31. The molecule has 1 aliphatic heterocycles. The smallest absolute Gasteiger partial charge is 0.254 e. The minimum atomic E-state index is -0.0337. The Morgan fingerprint density at radius 1 is 1.42 bits per heavy atom. The topological polar surface area (TPSA) is 66.6 Å². The number of phenolic OH excluding ortho intramolecular Hbond substituents is 1. The molecular weight excluding hydrogens is 260 g/mol. The molecule has 0 radical (unpaired) electrons. The Labute approximate surface area is 118 Å². The van der Waals surface area contributed by atoms with Gasteiger partial charge in [0.1, 0.15) is 5.75 Å². The molecule has 0 aliphatic carbocycles. The summed E-state index contributed by atoms with van der Waals surface area (Å²) < 4.78 is 0.221. The number of carbonyl (C=O) groups is 1. The predicted octanol–water partition coefficient (Wildman–Crippen LogP) is 2.33. The van der Waals surface area contributed by atoms with Gasteiger partial charge in [0.25, 0.3) is 5.91 Å². The van der Waals surface area contributed by atoms with Crippen molar-refractivity contribution in [1.29, 1.82) is 0 Å². The average Bonchev–Trinajstić information content (AvgIpc) is 2.53. The molecule has 0 atom stereocenters. The van der Waals surface area contributed by atoms with Gasteiger partial charge in [-0.3, -0.25) is 4.79 Å². The number of anilines is 1. The maximum atomic E-state index is 12.4. The van der Waals surface area contributed by atoms with E-state index in [-0.39, 0.29) is 16.4 Å². The Hall–Kier alpha value is -1.36. The molecule has 1 aromatic carbocycles. The Morgan fingerprint density at radius 2 is 2.16 bits per heavy atom. The summed E-state index contributed by atoms with van der Waals surface area (Å²) in [4.78, 5) is 14.2. The van der Waals surface area contributed by atoms with Gasteiger partial charge in [-0.1, -0.05) is 13.8 Å². The molecule has 0 spiro atoms. The molecule has 0 aromatic heterocycles. The number of nitrogens with two attached hydrogens (primary N) is 1. The van der Waals surface area contributed by atoms with E-state index in [2.05, 4.69) is 13.8 Å². The maximum Gasteiger partial charge on any atom is 0.254 e. The molecule has 1 amide bonds. The van der Waals surface area contributed by atoms with E-state index in [4.69, 9.17) is 5.73 Å². The van der Waals surface area contributed by atoms with Crippen LogP contribution in [0.1, 0.15) is 30.6 Å². The van der Waals surface area contributed by atoms with Gasteiger partial charge in [-0.15, -0.1) is 0 Å². The highest BCUT2D eigenvalue weighted by atomic mass is 32.2. The fourth-order valence-corrected chi connectivity index (χ4v) is 3.18. The average molecular weight is 280 g/mol. The Kier molecular flexibility index (Phi) is 3.94. The molecule has 19 heavy (non-hydrogen) atoms. The summed E-state index contributed by atoms with van der Waals surface area (Å²) in [6.07, 6.45) is 0.977. The number of aromatic hydroxyl groups is 1. The van der Waals surface area contributed by atoms with Crippen LogP contribution in [-0.2, 0) is 0 Å². The molecule has 1 heterocycles. The molecule has 3 N–H and O–H groups in total. The first-order valence-corrected chi connectivity index (χ1v) is 7.39. The normalized spacial score (nSPS) is 18.9. The zero-order valence-corrected chi connectivity index (χ0v) is 12.2. The van der Waals surface area contributed by atoms with Crippen molar-refractivity contribution in [3.8, 4) is 5.75 Å². The van der Waals surface area contributed by atoms with Crippen LogP contribution in [-0.4, -0.2) is 39.5 Å². The number of hydrogen-bond donors (Lipinski definition) is 2. The number of benzene rings is 1. The molecule has 1 aliphatic rings. The first-order chi connectivity index (χ1) is 8.89. The first-order valence-electron chi connectivity index (χ1n) is 6.41. The van der Waals surface area contributed by atoms with Crippen molar-refractivity contribution < 1.29 is 9.90 Å². The van der Waals surface area contributed by atoms with E-state index in [1.165, 1.54) is 6.07 Å². The van der Waals surface area contributed by atoms with Gasteiger partial charge in [0, 0.05) is 29.2 Å². The van der Waals surface area contributed by atoms with E-state index in [0.29, 0.717) is 11.3 Å². The van der Waals surface area contributed by atoms with Crippen molar-refractivity contribution in [2.75, 3.05) is 24.6 Å². The van der Waals surface area contributed by atoms with Gasteiger partial charge < -0.3 is 15.7 Å². The van der Waals surface area contributed by atoms with Crippen LogP contribution in [0.15, 0.2) is 18.2 Å². The molecule has 2 rings (SSSR count). The van der Waals surface area contributed by atoms with Gasteiger partial charge in [0.2, 0.25) is 0 Å². The fraction of sp³-hybridized carbons (Fsp3) is 0.500. The molecular formula is C14H20N2O2S. The number of rotatable bonds is 1. The van der Waals surface area contributed by atoms with Crippen LogP contribution in [0, 0.1) is 0 Å². The van der Waals surface area contributed by atoms with Crippen molar-refractivity contribution in [1.82, 2.24) is 4.90 Å². The summed E-state index contributed by atoms with van der Waals surface area (Å²) in [5.74, 6) is 0.878. The minimum absolute atomic E-state index is 0.0321. The third-order valence-electron chi connectivity index (χ3n) is 3.40. The Bertz CT molecular complexity index is 488.